The monoisotopic (exact) mass is 283 g/mol. The van der Waals surface area contributed by atoms with Crippen molar-refractivity contribution in [2.24, 2.45) is 0 Å². The molecule has 0 saturated heterocycles. The summed E-state index contributed by atoms with van der Waals surface area (Å²) in [5.41, 5.74) is 0.370. The molecule has 5 heteroatoms. The van der Waals surface area contributed by atoms with Crippen molar-refractivity contribution in [3.63, 3.8) is 0 Å². The first kappa shape index (κ1) is 12.5. The SMILES string of the molecule is COc1ccc(C(=O)O[C@@H](C)C#N)cc1Br. The number of nitrogens with zero attached hydrogens (tertiary/aromatic N) is 1. The van der Waals surface area contributed by atoms with E-state index in [0.717, 1.165) is 0 Å². The largest absolute Gasteiger partial charge is 0.496 e. The van der Waals surface area contributed by atoms with Crippen LogP contribution >= 0.6 is 15.9 Å². The maximum atomic E-state index is 11.5. The summed E-state index contributed by atoms with van der Waals surface area (Å²) < 4.78 is 10.5. The minimum Gasteiger partial charge on any atom is -0.496 e. The fourth-order valence-electron chi connectivity index (χ4n) is 1.05. The molecule has 4 nitrogen and oxygen atoms in total. The molecule has 0 saturated carbocycles. The lowest BCUT2D eigenvalue weighted by molar-refractivity contribution is 0.0435. The van der Waals surface area contributed by atoms with E-state index in [0.29, 0.717) is 15.8 Å². The minimum atomic E-state index is -0.756. The van der Waals surface area contributed by atoms with Crippen molar-refractivity contribution in [3.8, 4) is 11.8 Å². The van der Waals surface area contributed by atoms with Gasteiger partial charge in [-0.25, -0.2) is 4.79 Å². The van der Waals surface area contributed by atoms with Gasteiger partial charge in [0.15, 0.2) is 6.10 Å². The predicted molar refractivity (Wildman–Crippen MR) is 61.2 cm³/mol. The quantitative estimate of drug-likeness (QED) is 0.800. The van der Waals surface area contributed by atoms with Gasteiger partial charge >= 0.3 is 5.97 Å². The van der Waals surface area contributed by atoms with Crippen LogP contribution in [0.5, 0.6) is 5.75 Å². The molecule has 0 aromatic heterocycles. The molecular weight excluding hydrogens is 274 g/mol. The van der Waals surface area contributed by atoms with Gasteiger partial charge in [-0.1, -0.05) is 0 Å². The summed E-state index contributed by atoms with van der Waals surface area (Å²) in [6.45, 7) is 1.51. The first-order valence-corrected chi connectivity index (χ1v) is 5.32. The highest BCUT2D eigenvalue weighted by molar-refractivity contribution is 9.10. The van der Waals surface area contributed by atoms with Crippen LogP contribution in [0.2, 0.25) is 0 Å². The van der Waals surface area contributed by atoms with E-state index in [1.54, 1.807) is 18.2 Å². The molecule has 0 heterocycles. The van der Waals surface area contributed by atoms with Crippen molar-refractivity contribution < 1.29 is 14.3 Å². The Morgan fingerprint density at radius 2 is 2.25 bits per heavy atom. The van der Waals surface area contributed by atoms with Gasteiger partial charge in [-0.3, -0.25) is 0 Å². The molecule has 0 aliphatic rings. The summed E-state index contributed by atoms with van der Waals surface area (Å²) in [6, 6.07) is 6.64. The van der Waals surface area contributed by atoms with Crippen LogP contribution in [0.1, 0.15) is 17.3 Å². The summed E-state index contributed by atoms with van der Waals surface area (Å²) in [5.74, 6) is 0.0993. The number of benzene rings is 1. The Morgan fingerprint density at radius 1 is 1.56 bits per heavy atom. The zero-order valence-electron chi connectivity index (χ0n) is 8.86. The van der Waals surface area contributed by atoms with Gasteiger partial charge in [-0.05, 0) is 41.1 Å². The molecule has 16 heavy (non-hydrogen) atoms. The predicted octanol–water partition coefficient (Wildman–Crippen LogP) is 2.53. The molecule has 1 aromatic carbocycles. The second kappa shape index (κ2) is 5.52. The number of hydrogen-bond acceptors (Lipinski definition) is 4. The molecule has 1 atom stereocenters. The lowest BCUT2D eigenvalue weighted by Gasteiger charge is -2.07. The van der Waals surface area contributed by atoms with E-state index in [4.69, 9.17) is 14.7 Å². The minimum absolute atomic E-state index is 0.370. The maximum absolute atomic E-state index is 11.5. The summed E-state index contributed by atoms with van der Waals surface area (Å²) in [5, 5.41) is 8.51. The van der Waals surface area contributed by atoms with Crippen molar-refractivity contribution in [3.05, 3.63) is 28.2 Å². The van der Waals surface area contributed by atoms with Gasteiger partial charge < -0.3 is 9.47 Å². The number of methoxy groups -OCH3 is 1. The third kappa shape index (κ3) is 2.97. The number of carbonyl (C=O) groups is 1. The molecule has 0 aliphatic carbocycles. The highest BCUT2D eigenvalue weighted by Crippen LogP contribution is 2.25. The zero-order chi connectivity index (χ0) is 12.1. The summed E-state index contributed by atoms with van der Waals surface area (Å²) in [6.07, 6.45) is -0.756. The Labute approximate surface area is 102 Å². The number of halogens is 1. The van der Waals surface area contributed by atoms with Crippen molar-refractivity contribution in [2.45, 2.75) is 13.0 Å². The molecule has 84 valence electrons. The molecule has 0 spiro atoms. The smallest absolute Gasteiger partial charge is 0.339 e. The number of carbonyl (C=O) groups excluding carboxylic acids is 1. The van der Waals surface area contributed by atoms with E-state index in [1.807, 2.05) is 6.07 Å². The normalized spacial score (nSPS) is 11.4. The van der Waals surface area contributed by atoms with Gasteiger partial charge in [0, 0.05) is 0 Å². The third-order valence-corrected chi connectivity index (χ3v) is 2.47. The van der Waals surface area contributed by atoms with Gasteiger partial charge in [0.1, 0.15) is 11.8 Å². The first-order valence-electron chi connectivity index (χ1n) is 4.52. The van der Waals surface area contributed by atoms with Crippen molar-refractivity contribution in [1.82, 2.24) is 0 Å². The lowest BCUT2D eigenvalue weighted by Crippen LogP contribution is -2.13. The number of hydrogen-bond donors (Lipinski definition) is 0. The second-order valence-corrected chi connectivity index (χ2v) is 3.88. The molecule has 0 bridgehead atoms. The van der Waals surface area contributed by atoms with Crippen LogP contribution in [-0.4, -0.2) is 19.2 Å². The van der Waals surface area contributed by atoms with E-state index in [9.17, 15) is 4.79 Å². The van der Waals surface area contributed by atoms with Crippen LogP contribution in [0.4, 0.5) is 0 Å². The molecule has 0 fully saturated rings. The number of nitriles is 1. The molecule has 1 rings (SSSR count). The Hall–Kier alpha value is -1.54. The van der Waals surface area contributed by atoms with E-state index < -0.39 is 12.1 Å². The summed E-state index contributed by atoms with van der Waals surface area (Å²) in [7, 11) is 1.54. The number of rotatable bonds is 3. The van der Waals surface area contributed by atoms with E-state index in [-0.39, 0.29) is 0 Å². The van der Waals surface area contributed by atoms with Crippen LogP contribution in [0.3, 0.4) is 0 Å². The number of esters is 1. The molecule has 1 aromatic rings. The van der Waals surface area contributed by atoms with E-state index >= 15 is 0 Å². The topological polar surface area (TPSA) is 59.3 Å². The molecule has 0 radical (unpaired) electrons. The Balaban J connectivity index is 2.86. The first-order chi connectivity index (χ1) is 7.58. The van der Waals surface area contributed by atoms with Crippen LogP contribution in [-0.2, 0) is 4.74 Å². The molecule has 0 N–H and O–H groups in total. The molecule has 0 amide bonds. The zero-order valence-corrected chi connectivity index (χ0v) is 10.4. The number of ether oxygens (including phenoxy) is 2. The van der Waals surface area contributed by atoms with Crippen LogP contribution in [0, 0.1) is 11.3 Å². The fraction of sp³-hybridized carbons (Fsp3) is 0.273. The van der Waals surface area contributed by atoms with Crippen LogP contribution < -0.4 is 4.74 Å². The van der Waals surface area contributed by atoms with Gasteiger partial charge in [0.2, 0.25) is 0 Å². The Kier molecular flexibility index (Phi) is 4.32. The average Bonchev–Trinajstić information content (AvgIpc) is 2.28. The van der Waals surface area contributed by atoms with Gasteiger partial charge in [-0.15, -0.1) is 0 Å². The van der Waals surface area contributed by atoms with E-state index in [1.165, 1.54) is 14.0 Å². The van der Waals surface area contributed by atoms with Gasteiger partial charge in [-0.2, -0.15) is 5.26 Å². The van der Waals surface area contributed by atoms with Crippen molar-refractivity contribution in [2.75, 3.05) is 7.11 Å². The average molecular weight is 284 g/mol. The Morgan fingerprint density at radius 3 is 2.75 bits per heavy atom. The summed E-state index contributed by atoms with van der Waals surface area (Å²) in [4.78, 5) is 11.5. The highest BCUT2D eigenvalue weighted by Gasteiger charge is 2.12. The molecular formula is C11H10BrNO3. The Bertz CT molecular complexity index is 439. The molecule has 0 unspecified atom stereocenters. The highest BCUT2D eigenvalue weighted by atomic mass is 79.9. The van der Waals surface area contributed by atoms with Crippen molar-refractivity contribution in [1.29, 1.82) is 5.26 Å². The standard InChI is InChI=1S/C11H10BrNO3/c1-7(6-13)16-11(14)8-3-4-10(15-2)9(12)5-8/h3-5,7H,1-2H3/t7-/m0/s1. The third-order valence-electron chi connectivity index (χ3n) is 1.85. The van der Waals surface area contributed by atoms with Crippen LogP contribution in [0.25, 0.3) is 0 Å². The van der Waals surface area contributed by atoms with E-state index in [2.05, 4.69) is 15.9 Å². The lowest BCUT2D eigenvalue weighted by atomic mass is 10.2. The second-order valence-electron chi connectivity index (χ2n) is 3.03. The maximum Gasteiger partial charge on any atom is 0.339 e. The van der Waals surface area contributed by atoms with Crippen molar-refractivity contribution >= 4 is 21.9 Å². The van der Waals surface area contributed by atoms with Gasteiger partial charge in [0.05, 0.1) is 17.1 Å². The summed E-state index contributed by atoms with van der Waals surface area (Å²) >= 11 is 3.26. The van der Waals surface area contributed by atoms with Crippen LogP contribution in [0.15, 0.2) is 22.7 Å². The van der Waals surface area contributed by atoms with Gasteiger partial charge in [0.25, 0.3) is 0 Å². The molecule has 0 aliphatic heterocycles. The fourth-order valence-corrected chi connectivity index (χ4v) is 1.59.